The number of halogens is 1. The smallest absolute Gasteiger partial charge is 0.293 e. The Morgan fingerprint density at radius 1 is 1.15 bits per heavy atom. The zero-order valence-corrected chi connectivity index (χ0v) is 25.0. The molecule has 1 aliphatic heterocycles. The molecule has 1 saturated carbocycles. The molecule has 1 aliphatic carbocycles. The van der Waals surface area contributed by atoms with Gasteiger partial charge in [0.25, 0.3) is 11.5 Å². The Morgan fingerprint density at radius 2 is 1.82 bits per heavy atom. The van der Waals surface area contributed by atoms with Gasteiger partial charge in [0.15, 0.2) is 18.2 Å². The van der Waals surface area contributed by atoms with Gasteiger partial charge in [-0.2, -0.15) is 4.98 Å². The van der Waals surface area contributed by atoms with Crippen LogP contribution in [0.25, 0.3) is 10.9 Å². The molecule has 0 bridgehead atoms. The van der Waals surface area contributed by atoms with Crippen LogP contribution in [0.4, 0.5) is 17.5 Å². The fraction of sp³-hybridized carbons (Fsp3) is 0.517. The summed E-state index contributed by atoms with van der Waals surface area (Å²) in [4.78, 5) is 36.0. The molecule has 9 nitrogen and oxygen atoms in total. The van der Waals surface area contributed by atoms with Gasteiger partial charge in [0.2, 0.25) is 5.95 Å². The molecular formula is C29H41ClN6O3. The molecule has 212 valence electrons. The highest BCUT2D eigenvalue weighted by atomic mass is 35.5. The number of likely N-dealkylation sites (N-methyl/N-ethyl adjacent to an activating group) is 1. The standard InChI is InChI=1S/C25H29ClN6O3.2C2H6/c1-13(2)32-20-6-5-16(7-15(20)8-21(24(32)34)35-12-22(33)27-4)29-23-19(26)9-28-25(30-23)31-10-17-14(3)18(17)11-31;2*1-2/h5-9,13-14,17-18H,10-12H2,1-4H3,(H,27,33)(H,28,29,30);2*1-2H3. The maximum absolute atomic E-state index is 13.0. The molecule has 2 unspecified atom stereocenters. The van der Waals surface area contributed by atoms with Gasteiger partial charge in [-0.1, -0.05) is 46.2 Å². The Morgan fingerprint density at radius 3 is 2.44 bits per heavy atom. The first-order valence-corrected chi connectivity index (χ1v) is 14.2. The van der Waals surface area contributed by atoms with E-state index in [-0.39, 0.29) is 29.9 Å². The van der Waals surface area contributed by atoms with Crippen LogP contribution in [-0.2, 0) is 4.79 Å². The molecule has 0 spiro atoms. The lowest BCUT2D eigenvalue weighted by atomic mass is 10.1. The predicted octanol–water partition coefficient (Wildman–Crippen LogP) is 5.65. The van der Waals surface area contributed by atoms with Crippen LogP contribution < -0.4 is 25.8 Å². The Hall–Kier alpha value is -3.33. The van der Waals surface area contributed by atoms with Gasteiger partial charge in [-0.3, -0.25) is 9.59 Å². The minimum absolute atomic E-state index is 0.0966. The minimum atomic E-state index is -0.310. The fourth-order valence-corrected chi connectivity index (χ4v) is 5.09. The monoisotopic (exact) mass is 556 g/mol. The Kier molecular flexibility index (Phi) is 10.2. The van der Waals surface area contributed by atoms with E-state index in [0.29, 0.717) is 16.8 Å². The first kappa shape index (κ1) is 30.2. The third-order valence-corrected chi connectivity index (χ3v) is 7.33. The van der Waals surface area contributed by atoms with E-state index in [0.717, 1.165) is 47.4 Å². The number of nitrogens with zero attached hydrogens (tertiary/aromatic N) is 4. The van der Waals surface area contributed by atoms with Gasteiger partial charge in [-0.25, -0.2) is 4.98 Å². The molecule has 2 aromatic heterocycles. The van der Waals surface area contributed by atoms with Crippen LogP contribution in [0.2, 0.25) is 5.02 Å². The van der Waals surface area contributed by atoms with E-state index in [1.54, 1.807) is 16.8 Å². The van der Waals surface area contributed by atoms with E-state index in [1.807, 2.05) is 59.7 Å². The average molecular weight is 557 g/mol. The van der Waals surface area contributed by atoms with E-state index >= 15 is 0 Å². The zero-order chi connectivity index (χ0) is 28.9. The van der Waals surface area contributed by atoms with Gasteiger partial charge in [-0.15, -0.1) is 0 Å². The number of pyridine rings is 1. The summed E-state index contributed by atoms with van der Waals surface area (Å²) >= 11 is 6.42. The van der Waals surface area contributed by atoms with Gasteiger partial charge in [-0.05, 0) is 55.9 Å². The summed E-state index contributed by atoms with van der Waals surface area (Å²) in [7, 11) is 1.52. The van der Waals surface area contributed by atoms with Crippen LogP contribution in [0.3, 0.4) is 0 Å². The van der Waals surface area contributed by atoms with Crippen molar-refractivity contribution in [3.8, 4) is 5.75 Å². The number of carbonyl (C=O) groups is 1. The summed E-state index contributed by atoms with van der Waals surface area (Å²) in [6.07, 6.45) is 1.63. The van der Waals surface area contributed by atoms with Crippen molar-refractivity contribution in [2.24, 2.45) is 17.8 Å². The molecule has 2 N–H and O–H groups in total. The quantitative estimate of drug-likeness (QED) is 0.388. The third-order valence-electron chi connectivity index (χ3n) is 7.06. The van der Waals surface area contributed by atoms with Gasteiger partial charge in [0.05, 0.1) is 11.7 Å². The predicted molar refractivity (Wildman–Crippen MR) is 160 cm³/mol. The highest BCUT2D eigenvalue weighted by Gasteiger charge is 2.53. The highest BCUT2D eigenvalue weighted by Crippen LogP contribution is 2.51. The Balaban J connectivity index is 0.00000100. The van der Waals surface area contributed by atoms with Crippen LogP contribution in [0.1, 0.15) is 54.5 Å². The van der Waals surface area contributed by atoms with Crippen molar-refractivity contribution in [1.29, 1.82) is 0 Å². The van der Waals surface area contributed by atoms with Crippen LogP contribution in [-0.4, -0.2) is 47.2 Å². The highest BCUT2D eigenvalue weighted by molar-refractivity contribution is 6.32. The lowest BCUT2D eigenvalue weighted by Gasteiger charge is -2.20. The second-order valence-electron chi connectivity index (χ2n) is 9.60. The van der Waals surface area contributed by atoms with Gasteiger partial charge in [0.1, 0.15) is 5.02 Å². The summed E-state index contributed by atoms with van der Waals surface area (Å²) in [5, 5.41) is 7.00. The Labute approximate surface area is 235 Å². The molecule has 3 aromatic rings. The molecule has 0 radical (unpaired) electrons. The molecule has 1 saturated heterocycles. The van der Waals surface area contributed by atoms with Crippen molar-refractivity contribution in [1.82, 2.24) is 19.9 Å². The molecule has 1 amide bonds. The van der Waals surface area contributed by atoms with E-state index in [2.05, 4.69) is 27.4 Å². The third kappa shape index (κ3) is 6.46. The number of anilines is 3. The summed E-state index contributed by atoms with van der Waals surface area (Å²) in [6, 6.07) is 7.24. The number of fused-ring (bicyclic) bond motifs is 2. The normalized spacial score (nSPS) is 18.9. The van der Waals surface area contributed by atoms with E-state index < -0.39 is 0 Å². The Bertz CT molecular complexity index is 1350. The topological polar surface area (TPSA) is 101 Å². The first-order chi connectivity index (χ1) is 18.8. The second kappa shape index (κ2) is 13.2. The number of carbonyl (C=O) groups excluding carboxylic acids is 1. The summed E-state index contributed by atoms with van der Waals surface area (Å²) in [5.74, 6) is 3.29. The molecule has 10 heteroatoms. The lowest BCUT2D eigenvalue weighted by Crippen LogP contribution is -2.29. The van der Waals surface area contributed by atoms with E-state index in [9.17, 15) is 9.59 Å². The average Bonchev–Trinajstić information content (AvgIpc) is 3.32. The number of ether oxygens (including phenoxy) is 1. The van der Waals surface area contributed by atoms with Gasteiger partial charge in [0, 0.05) is 37.3 Å². The maximum atomic E-state index is 13.0. The van der Waals surface area contributed by atoms with Crippen LogP contribution in [0.15, 0.2) is 35.3 Å². The number of benzene rings is 1. The number of rotatable bonds is 7. The maximum Gasteiger partial charge on any atom is 0.293 e. The fourth-order valence-electron chi connectivity index (χ4n) is 4.95. The van der Waals surface area contributed by atoms with Gasteiger partial charge >= 0.3 is 0 Å². The van der Waals surface area contributed by atoms with Crippen molar-refractivity contribution in [2.45, 2.75) is 54.5 Å². The van der Waals surface area contributed by atoms with Crippen LogP contribution in [0.5, 0.6) is 5.75 Å². The molecule has 5 rings (SSSR count). The summed E-state index contributed by atoms with van der Waals surface area (Å²) < 4.78 is 7.21. The van der Waals surface area contributed by atoms with Crippen molar-refractivity contribution >= 4 is 45.9 Å². The molecule has 2 atom stereocenters. The number of amides is 1. The van der Waals surface area contributed by atoms with Gasteiger partial charge < -0.3 is 24.8 Å². The summed E-state index contributed by atoms with van der Waals surface area (Å²) in [5.41, 5.74) is 1.24. The number of piperidine rings is 1. The molecule has 1 aromatic carbocycles. The summed E-state index contributed by atoms with van der Waals surface area (Å²) in [6.45, 7) is 15.9. The number of nitrogens with one attached hydrogen (secondary N) is 2. The number of aromatic nitrogens is 3. The van der Waals surface area contributed by atoms with Crippen LogP contribution in [0, 0.1) is 17.8 Å². The molecule has 2 aliphatic rings. The minimum Gasteiger partial charge on any atom is -0.478 e. The molecular weight excluding hydrogens is 516 g/mol. The first-order valence-electron chi connectivity index (χ1n) is 13.8. The molecule has 2 fully saturated rings. The largest absolute Gasteiger partial charge is 0.478 e. The number of hydrogen-bond donors (Lipinski definition) is 2. The molecule has 3 heterocycles. The second-order valence-corrected chi connectivity index (χ2v) is 10.0. The van der Waals surface area contributed by atoms with E-state index in [4.69, 9.17) is 21.3 Å². The van der Waals surface area contributed by atoms with Crippen molar-refractivity contribution < 1.29 is 9.53 Å². The SMILES string of the molecule is CC.CC.CNC(=O)COc1cc2cc(Nc3nc(N4CC5C(C)C5C4)ncc3Cl)ccc2n(C(C)C)c1=O. The molecule has 39 heavy (non-hydrogen) atoms. The zero-order valence-electron chi connectivity index (χ0n) is 24.2. The van der Waals surface area contributed by atoms with Crippen molar-refractivity contribution in [2.75, 3.05) is 37.0 Å². The van der Waals surface area contributed by atoms with Crippen molar-refractivity contribution in [3.63, 3.8) is 0 Å². The van der Waals surface area contributed by atoms with E-state index in [1.165, 1.54) is 7.05 Å². The number of hydrogen-bond acceptors (Lipinski definition) is 7. The van der Waals surface area contributed by atoms with Crippen LogP contribution >= 0.6 is 11.6 Å². The lowest BCUT2D eigenvalue weighted by molar-refractivity contribution is -0.122. The van der Waals surface area contributed by atoms with Crippen molar-refractivity contribution in [3.05, 3.63) is 45.8 Å².